The number of alkyl halides is 1. The molecule has 5 heteroatoms. The Balaban J connectivity index is 2.13. The van der Waals surface area contributed by atoms with E-state index < -0.39 is 0 Å². The molecule has 1 aliphatic carbocycles. The minimum absolute atomic E-state index is 0.00282. The minimum Gasteiger partial charge on any atom is -0.346 e. The molecule has 4 nitrogen and oxygen atoms in total. The van der Waals surface area contributed by atoms with E-state index in [1.165, 1.54) is 12.8 Å². The zero-order valence-electron chi connectivity index (χ0n) is 10.3. The third kappa shape index (κ3) is 2.39. The molecule has 1 aromatic heterocycles. The summed E-state index contributed by atoms with van der Waals surface area (Å²) in [4.78, 5) is 12.2. The summed E-state index contributed by atoms with van der Waals surface area (Å²) in [6.07, 6.45) is 6.14. The van der Waals surface area contributed by atoms with Crippen molar-refractivity contribution in [3.63, 3.8) is 0 Å². The molecule has 1 aromatic rings. The van der Waals surface area contributed by atoms with Crippen LogP contribution >= 0.6 is 15.9 Å². The van der Waals surface area contributed by atoms with E-state index in [4.69, 9.17) is 0 Å². The summed E-state index contributed by atoms with van der Waals surface area (Å²) < 4.78 is 1.73. The van der Waals surface area contributed by atoms with Gasteiger partial charge in [-0.15, -0.1) is 0 Å². The fourth-order valence-corrected chi connectivity index (χ4v) is 3.07. The van der Waals surface area contributed by atoms with Gasteiger partial charge >= 0.3 is 0 Å². The highest BCUT2D eigenvalue weighted by Gasteiger charge is 2.34. The van der Waals surface area contributed by atoms with Gasteiger partial charge in [-0.1, -0.05) is 28.8 Å². The normalized spacial score (nSPS) is 18.3. The molecule has 0 bridgehead atoms. The Morgan fingerprint density at radius 2 is 2.24 bits per heavy atom. The van der Waals surface area contributed by atoms with Crippen LogP contribution < -0.4 is 5.32 Å². The van der Waals surface area contributed by atoms with Crippen molar-refractivity contribution >= 4 is 21.8 Å². The largest absolute Gasteiger partial charge is 0.346 e. The third-order valence-corrected chi connectivity index (χ3v) is 4.75. The summed E-state index contributed by atoms with van der Waals surface area (Å²) >= 11 is 3.52. The van der Waals surface area contributed by atoms with Crippen LogP contribution in [0.4, 0.5) is 0 Å². The number of hydrogen-bond acceptors (Lipinski definition) is 2. The lowest BCUT2D eigenvalue weighted by atomic mass is 10.00. The summed E-state index contributed by atoms with van der Waals surface area (Å²) in [5.74, 6) is -0.00282. The molecule has 0 unspecified atom stereocenters. The van der Waals surface area contributed by atoms with Crippen molar-refractivity contribution < 1.29 is 4.79 Å². The molecule has 17 heavy (non-hydrogen) atoms. The van der Waals surface area contributed by atoms with Gasteiger partial charge in [-0.2, -0.15) is 5.10 Å². The zero-order valence-corrected chi connectivity index (χ0v) is 11.9. The molecule has 0 radical (unpaired) electrons. The van der Waals surface area contributed by atoms with Gasteiger partial charge in [0.15, 0.2) is 0 Å². The van der Waals surface area contributed by atoms with Crippen LogP contribution in [0.3, 0.4) is 0 Å². The van der Waals surface area contributed by atoms with Gasteiger partial charge in [0.25, 0.3) is 5.91 Å². The SMILES string of the molecule is Cc1c(C(=O)NC2(CBr)CCCC2)cnn1C. The second-order valence-electron chi connectivity index (χ2n) is 4.84. The number of halogens is 1. The lowest BCUT2D eigenvalue weighted by molar-refractivity contribution is 0.0909. The average molecular weight is 300 g/mol. The molecule has 94 valence electrons. The quantitative estimate of drug-likeness (QED) is 0.870. The highest BCUT2D eigenvalue weighted by Crippen LogP contribution is 2.31. The highest BCUT2D eigenvalue weighted by atomic mass is 79.9. The lowest BCUT2D eigenvalue weighted by Gasteiger charge is -2.28. The minimum atomic E-state index is -0.0562. The van der Waals surface area contributed by atoms with Crippen LogP contribution in [0.2, 0.25) is 0 Å². The molecular weight excluding hydrogens is 282 g/mol. The zero-order chi connectivity index (χ0) is 12.5. The molecule has 0 aromatic carbocycles. The molecule has 0 atom stereocenters. The van der Waals surface area contributed by atoms with Gasteiger partial charge in [-0.3, -0.25) is 9.48 Å². The maximum atomic E-state index is 12.2. The standard InChI is InChI=1S/C12H18BrN3O/c1-9-10(7-14-16(9)2)11(17)15-12(8-13)5-3-4-6-12/h7H,3-6,8H2,1-2H3,(H,15,17). The van der Waals surface area contributed by atoms with E-state index in [-0.39, 0.29) is 11.4 Å². The summed E-state index contributed by atoms with van der Waals surface area (Å²) in [5.41, 5.74) is 1.53. The Morgan fingerprint density at radius 3 is 2.71 bits per heavy atom. The van der Waals surface area contributed by atoms with Gasteiger partial charge in [0, 0.05) is 18.1 Å². The number of amides is 1. The summed E-state index contributed by atoms with van der Waals surface area (Å²) in [7, 11) is 1.85. The fourth-order valence-electron chi connectivity index (χ4n) is 2.37. The lowest BCUT2D eigenvalue weighted by Crippen LogP contribution is -2.47. The number of nitrogens with zero attached hydrogens (tertiary/aromatic N) is 2. The van der Waals surface area contributed by atoms with Crippen molar-refractivity contribution in [2.75, 3.05) is 5.33 Å². The molecule has 1 saturated carbocycles. The van der Waals surface area contributed by atoms with E-state index in [9.17, 15) is 4.79 Å². The van der Waals surface area contributed by atoms with Crippen LogP contribution in [0.15, 0.2) is 6.20 Å². The molecule has 0 spiro atoms. The summed E-state index contributed by atoms with van der Waals surface area (Å²) in [6, 6.07) is 0. The maximum Gasteiger partial charge on any atom is 0.255 e. The van der Waals surface area contributed by atoms with E-state index >= 15 is 0 Å². The number of aryl methyl sites for hydroxylation is 1. The average Bonchev–Trinajstić information content (AvgIpc) is 2.89. The van der Waals surface area contributed by atoms with E-state index in [1.807, 2.05) is 14.0 Å². The van der Waals surface area contributed by atoms with Crippen molar-refractivity contribution in [1.29, 1.82) is 0 Å². The second kappa shape index (κ2) is 4.80. The van der Waals surface area contributed by atoms with Crippen molar-refractivity contribution in [3.05, 3.63) is 17.5 Å². The van der Waals surface area contributed by atoms with Gasteiger partial charge in [0.2, 0.25) is 0 Å². The molecule has 1 aliphatic rings. The topological polar surface area (TPSA) is 46.9 Å². The molecule has 1 N–H and O–H groups in total. The van der Waals surface area contributed by atoms with Crippen LogP contribution in [0.1, 0.15) is 41.7 Å². The van der Waals surface area contributed by atoms with Crippen LogP contribution in [0.25, 0.3) is 0 Å². The fraction of sp³-hybridized carbons (Fsp3) is 0.667. The van der Waals surface area contributed by atoms with E-state index in [0.29, 0.717) is 5.56 Å². The second-order valence-corrected chi connectivity index (χ2v) is 5.40. The number of aromatic nitrogens is 2. The third-order valence-electron chi connectivity index (χ3n) is 3.68. The maximum absolute atomic E-state index is 12.2. The Bertz CT molecular complexity index is 421. The molecule has 1 amide bonds. The van der Waals surface area contributed by atoms with Crippen molar-refractivity contribution in [1.82, 2.24) is 15.1 Å². The monoisotopic (exact) mass is 299 g/mol. The van der Waals surface area contributed by atoms with E-state index in [1.54, 1.807) is 10.9 Å². The van der Waals surface area contributed by atoms with Gasteiger partial charge in [0.05, 0.1) is 17.3 Å². The van der Waals surface area contributed by atoms with Crippen LogP contribution in [-0.4, -0.2) is 26.6 Å². The number of carbonyl (C=O) groups is 1. The summed E-state index contributed by atoms with van der Waals surface area (Å²) in [5, 5.41) is 8.10. The Labute approximate surface area is 110 Å². The van der Waals surface area contributed by atoms with E-state index in [2.05, 4.69) is 26.3 Å². The molecule has 0 saturated heterocycles. The van der Waals surface area contributed by atoms with Crippen molar-refractivity contribution in [3.8, 4) is 0 Å². The van der Waals surface area contributed by atoms with Crippen LogP contribution in [0, 0.1) is 6.92 Å². The van der Waals surface area contributed by atoms with Crippen molar-refractivity contribution in [2.24, 2.45) is 7.05 Å². The van der Waals surface area contributed by atoms with Gasteiger partial charge in [-0.25, -0.2) is 0 Å². The summed E-state index contributed by atoms with van der Waals surface area (Å²) in [6.45, 7) is 1.91. The number of carbonyl (C=O) groups excluding carboxylic acids is 1. The van der Waals surface area contributed by atoms with E-state index in [0.717, 1.165) is 23.9 Å². The smallest absolute Gasteiger partial charge is 0.255 e. The van der Waals surface area contributed by atoms with Gasteiger partial charge in [-0.05, 0) is 19.8 Å². The first-order chi connectivity index (χ1) is 8.08. The Morgan fingerprint density at radius 1 is 1.59 bits per heavy atom. The molecule has 1 heterocycles. The number of nitrogens with one attached hydrogen (secondary N) is 1. The van der Waals surface area contributed by atoms with Crippen LogP contribution in [-0.2, 0) is 7.05 Å². The first kappa shape index (κ1) is 12.6. The Hall–Kier alpha value is -0.840. The van der Waals surface area contributed by atoms with Crippen LogP contribution in [0.5, 0.6) is 0 Å². The first-order valence-electron chi connectivity index (χ1n) is 5.95. The number of hydrogen-bond donors (Lipinski definition) is 1. The van der Waals surface area contributed by atoms with Gasteiger partial charge < -0.3 is 5.32 Å². The predicted octanol–water partition coefficient (Wildman–Crippen LogP) is 2.17. The Kier molecular flexibility index (Phi) is 3.56. The molecule has 1 fully saturated rings. The van der Waals surface area contributed by atoms with Gasteiger partial charge in [0.1, 0.15) is 0 Å². The molecule has 0 aliphatic heterocycles. The predicted molar refractivity (Wildman–Crippen MR) is 70.4 cm³/mol. The first-order valence-corrected chi connectivity index (χ1v) is 7.07. The number of rotatable bonds is 3. The van der Waals surface area contributed by atoms with Crippen molar-refractivity contribution in [2.45, 2.75) is 38.1 Å². The molecular formula is C12H18BrN3O. The highest BCUT2D eigenvalue weighted by molar-refractivity contribution is 9.09. The molecule has 2 rings (SSSR count).